The van der Waals surface area contributed by atoms with Crippen LogP contribution < -0.4 is 9.86 Å². The number of ether oxygens (including phenoxy) is 1. The summed E-state index contributed by atoms with van der Waals surface area (Å²) in [6.07, 6.45) is 0. The minimum absolute atomic E-state index is 0.0468. The van der Waals surface area contributed by atoms with Gasteiger partial charge in [-0.3, -0.25) is 14.2 Å². The summed E-state index contributed by atoms with van der Waals surface area (Å²) in [5.74, 6) is -1.06. The van der Waals surface area contributed by atoms with Crippen molar-refractivity contribution in [3.63, 3.8) is 0 Å². The molecule has 1 fully saturated rings. The summed E-state index contributed by atoms with van der Waals surface area (Å²) in [5.41, 5.74) is 0.506. The molecule has 4 aromatic rings. The number of fused-ring (bicyclic) bond motifs is 1. The van der Waals surface area contributed by atoms with Gasteiger partial charge in [-0.25, -0.2) is 17.5 Å². The zero-order chi connectivity index (χ0) is 32.7. The number of halogens is 2. The van der Waals surface area contributed by atoms with Crippen molar-refractivity contribution in [2.24, 2.45) is 0 Å². The molecule has 0 aliphatic carbocycles. The number of nitrogens with zero attached hydrogens (tertiary/aromatic N) is 4. The monoisotopic (exact) mass is 680 g/mol. The number of methoxy groups -OCH3 is 1. The zero-order valence-electron chi connectivity index (χ0n) is 25.0. The normalized spacial score (nSPS) is 18.3. The van der Waals surface area contributed by atoms with Gasteiger partial charge in [0.25, 0.3) is 21.5 Å². The molecule has 3 heterocycles. The second-order valence-corrected chi connectivity index (χ2v) is 13.9. The molecule has 2 atom stereocenters. The molecule has 1 saturated heterocycles. The number of likely N-dealkylation sites (N-methyl/N-ethyl adjacent to an activating group) is 1. The summed E-state index contributed by atoms with van der Waals surface area (Å²) in [4.78, 5) is 44.1. The summed E-state index contributed by atoms with van der Waals surface area (Å²) in [6, 6.07) is 20.0. The smallest absolute Gasteiger partial charge is 0.337 e. The second-order valence-electron chi connectivity index (χ2n) is 11.2. The van der Waals surface area contributed by atoms with E-state index in [1.807, 2.05) is 7.05 Å². The van der Waals surface area contributed by atoms with Gasteiger partial charge in [0.2, 0.25) is 0 Å². The van der Waals surface area contributed by atoms with Gasteiger partial charge in [-0.15, -0.1) is 0 Å². The Bertz CT molecular complexity index is 1970. The third-order valence-corrected chi connectivity index (χ3v) is 10.7. The van der Waals surface area contributed by atoms with Crippen molar-refractivity contribution in [3.05, 3.63) is 128 Å². The molecule has 6 rings (SSSR count). The highest BCUT2D eigenvalue weighted by Gasteiger charge is 2.48. The number of hydrogen-bond acceptors (Lipinski definition) is 7. The standard InChI is InChI=1S/C33H30Cl2N4O6S/c1-36-16-18-37(19-17-36)31(40)27-14-15-28-38(32(27)41)29(21-6-10-24(34)11-7-21)30(22-8-12-25(35)13-9-22)39(28)46(43,44)26-5-3-4-23(20-26)33(42)45-2/h3-15,20,29-30H,16-19H2,1-2H3/t29-,30+/m0/s1. The number of esters is 1. The molecular weight excluding hydrogens is 651 g/mol. The molecule has 13 heteroatoms. The van der Waals surface area contributed by atoms with Gasteiger partial charge in [0.1, 0.15) is 11.4 Å². The third-order valence-electron chi connectivity index (χ3n) is 8.41. The number of rotatable bonds is 6. The number of hydrogen-bond donors (Lipinski definition) is 0. The van der Waals surface area contributed by atoms with Crippen molar-refractivity contribution >= 4 is 50.9 Å². The van der Waals surface area contributed by atoms with E-state index in [9.17, 15) is 22.8 Å². The lowest BCUT2D eigenvalue weighted by Gasteiger charge is -2.32. The molecule has 2 aliphatic heterocycles. The van der Waals surface area contributed by atoms with Crippen LogP contribution in [-0.2, 0) is 14.8 Å². The predicted molar refractivity (Wildman–Crippen MR) is 175 cm³/mol. The Balaban J connectivity index is 1.60. The van der Waals surface area contributed by atoms with E-state index in [0.717, 1.165) is 0 Å². The van der Waals surface area contributed by atoms with E-state index in [1.54, 1.807) is 53.4 Å². The molecule has 0 radical (unpaired) electrons. The quantitative estimate of drug-likeness (QED) is 0.267. The fourth-order valence-electron chi connectivity index (χ4n) is 6.00. The van der Waals surface area contributed by atoms with Crippen molar-refractivity contribution in [2.45, 2.75) is 17.0 Å². The maximum atomic E-state index is 14.7. The Morgan fingerprint density at radius 2 is 1.39 bits per heavy atom. The molecule has 10 nitrogen and oxygen atoms in total. The van der Waals surface area contributed by atoms with Crippen molar-refractivity contribution in [3.8, 4) is 0 Å². The van der Waals surface area contributed by atoms with Gasteiger partial charge in [0, 0.05) is 36.2 Å². The number of benzene rings is 3. The lowest BCUT2D eigenvalue weighted by atomic mass is 9.94. The fraction of sp³-hybridized carbons (Fsp3) is 0.242. The van der Waals surface area contributed by atoms with Gasteiger partial charge in [-0.2, -0.15) is 0 Å². The molecule has 0 bridgehead atoms. The van der Waals surface area contributed by atoms with E-state index >= 15 is 0 Å². The van der Waals surface area contributed by atoms with Gasteiger partial charge in [0.05, 0.1) is 29.7 Å². The minimum atomic E-state index is -4.44. The number of piperazine rings is 1. The van der Waals surface area contributed by atoms with Gasteiger partial charge in [-0.05, 0) is 72.8 Å². The van der Waals surface area contributed by atoms with Crippen LogP contribution in [0.25, 0.3) is 0 Å². The average molecular weight is 682 g/mol. The van der Waals surface area contributed by atoms with E-state index in [0.29, 0.717) is 47.4 Å². The van der Waals surface area contributed by atoms with Crippen molar-refractivity contribution in [1.29, 1.82) is 0 Å². The first-order valence-corrected chi connectivity index (χ1v) is 16.7. The first-order valence-electron chi connectivity index (χ1n) is 14.5. The number of sulfonamides is 1. The molecule has 0 N–H and O–H groups in total. The summed E-state index contributed by atoms with van der Waals surface area (Å²) >= 11 is 12.5. The van der Waals surface area contributed by atoms with Crippen LogP contribution in [0.2, 0.25) is 10.0 Å². The van der Waals surface area contributed by atoms with Crippen molar-refractivity contribution in [1.82, 2.24) is 14.4 Å². The highest BCUT2D eigenvalue weighted by atomic mass is 35.5. The maximum Gasteiger partial charge on any atom is 0.337 e. The van der Waals surface area contributed by atoms with Crippen molar-refractivity contribution in [2.75, 3.05) is 44.6 Å². The summed E-state index contributed by atoms with van der Waals surface area (Å²) in [7, 11) is -1.27. The molecule has 238 valence electrons. The van der Waals surface area contributed by atoms with E-state index in [2.05, 4.69) is 4.90 Å². The van der Waals surface area contributed by atoms with Crippen LogP contribution in [-0.4, -0.2) is 75.0 Å². The molecule has 46 heavy (non-hydrogen) atoms. The number of anilines is 1. The zero-order valence-corrected chi connectivity index (χ0v) is 27.3. The Morgan fingerprint density at radius 3 is 1.98 bits per heavy atom. The summed E-state index contributed by atoms with van der Waals surface area (Å²) in [6.45, 7) is 2.25. The molecular formula is C33H30Cl2N4O6S. The van der Waals surface area contributed by atoms with Gasteiger partial charge in [-0.1, -0.05) is 53.5 Å². The van der Waals surface area contributed by atoms with Gasteiger partial charge in [0.15, 0.2) is 0 Å². The van der Waals surface area contributed by atoms with Crippen molar-refractivity contribution < 1.29 is 22.7 Å². The van der Waals surface area contributed by atoms with Crippen LogP contribution >= 0.6 is 23.2 Å². The molecule has 2 aliphatic rings. The molecule has 0 spiro atoms. The van der Waals surface area contributed by atoms with Crippen LogP contribution in [0.3, 0.4) is 0 Å². The highest BCUT2D eigenvalue weighted by molar-refractivity contribution is 7.92. The Kier molecular flexibility index (Phi) is 8.68. The Labute approximate surface area is 276 Å². The number of carbonyl (C=O) groups excluding carboxylic acids is 2. The first kappa shape index (κ1) is 31.8. The Hall–Kier alpha value is -4.16. The number of amides is 1. The molecule has 0 saturated carbocycles. The lowest BCUT2D eigenvalue weighted by Crippen LogP contribution is -2.48. The largest absolute Gasteiger partial charge is 0.465 e. The second kappa shape index (κ2) is 12.6. The lowest BCUT2D eigenvalue weighted by molar-refractivity contribution is 0.0599. The molecule has 1 aromatic heterocycles. The van der Waals surface area contributed by atoms with E-state index in [4.69, 9.17) is 27.9 Å². The fourth-order valence-corrected chi connectivity index (χ4v) is 7.94. The van der Waals surface area contributed by atoms with E-state index < -0.39 is 39.5 Å². The topological polar surface area (TPSA) is 109 Å². The van der Waals surface area contributed by atoms with E-state index in [1.165, 1.54) is 52.4 Å². The molecule has 0 unspecified atom stereocenters. The maximum absolute atomic E-state index is 14.7. The average Bonchev–Trinajstić information content (AvgIpc) is 3.42. The minimum Gasteiger partial charge on any atom is -0.465 e. The third kappa shape index (κ3) is 5.68. The first-order chi connectivity index (χ1) is 22.0. The van der Waals surface area contributed by atoms with E-state index in [-0.39, 0.29) is 21.8 Å². The molecule has 3 aromatic carbocycles. The summed E-state index contributed by atoms with van der Waals surface area (Å²) < 4.78 is 36.7. The van der Waals surface area contributed by atoms with Crippen LogP contribution in [0.5, 0.6) is 0 Å². The van der Waals surface area contributed by atoms with Crippen LogP contribution in [0.4, 0.5) is 5.82 Å². The number of carbonyl (C=O) groups is 2. The highest BCUT2D eigenvalue weighted by Crippen LogP contribution is 2.49. The SMILES string of the molecule is COC(=O)c1cccc(S(=O)(=O)N2c3ccc(C(=O)N4CCN(C)CC4)c(=O)n3[C@@H](c3ccc(Cl)cc3)[C@H]2c2ccc(Cl)cc2)c1. The molecule has 1 amide bonds. The van der Waals surface area contributed by atoms with Crippen LogP contribution in [0.1, 0.15) is 43.9 Å². The number of aromatic nitrogens is 1. The van der Waals surface area contributed by atoms with Gasteiger partial charge >= 0.3 is 5.97 Å². The Morgan fingerprint density at radius 1 is 0.804 bits per heavy atom. The van der Waals surface area contributed by atoms with Crippen LogP contribution in [0, 0.1) is 0 Å². The van der Waals surface area contributed by atoms with Gasteiger partial charge < -0.3 is 14.5 Å². The van der Waals surface area contributed by atoms with Crippen LogP contribution in [0.15, 0.2) is 94.6 Å². The summed E-state index contributed by atoms with van der Waals surface area (Å²) in [5, 5.41) is 0.903. The number of pyridine rings is 1. The predicted octanol–water partition coefficient (Wildman–Crippen LogP) is 4.87.